The molecule has 10 heteroatoms. The number of methoxy groups -OCH3 is 1. The predicted octanol–water partition coefficient (Wildman–Crippen LogP) is 2.75. The Balaban J connectivity index is 2.08. The molecule has 0 bridgehead atoms. The van der Waals surface area contributed by atoms with E-state index in [0.717, 1.165) is 0 Å². The van der Waals surface area contributed by atoms with Crippen LogP contribution < -0.4 is 4.90 Å². The monoisotopic (exact) mass is 379 g/mol. The topological polar surface area (TPSA) is 73.1 Å². The molecule has 0 unspecified atom stereocenters. The fourth-order valence-corrected chi connectivity index (χ4v) is 2.59. The van der Waals surface area contributed by atoms with E-state index in [1.54, 1.807) is 38.4 Å². The minimum Gasteiger partial charge on any atom is -0.465 e. The van der Waals surface area contributed by atoms with Crippen molar-refractivity contribution in [2.24, 2.45) is 0 Å². The van der Waals surface area contributed by atoms with Crippen LogP contribution in [0.3, 0.4) is 0 Å². The predicted molar refractivity (Wildman–Crippen MR) is 91.5 cm³/mol. The summed E-state index contributed by atoms with van der Waals surface area (Å²) >= 11 is 0. The highest BCUT2D eigenvalue weighted by Crippen LogP contribution is 2.30. The summed E-state index contributed by atoms with van der Waals surface area (Å²) in [6.07, 6.45) is -3.28. The van der Waals surface area contributed by atoms with Crippen molar-refractivity contribution in [2.45, 2.75) is 12.7 Å². The molecule has 7 nitrogen and oxygen atoms in total. The zero-order valence-corrected chi connectivity index (χ0v) is 14.8. The molecule has 0 aliphatic heterocycles. The fourth-order valence-electron chi connectivity index (χ4n) is 2.59. The molecule has 2 aromatic heterocycles. The second-order valence-corrected chi connectivity index (χ2v) is 6.00. The van der Waals surface area contributed by atoms with Gasteiger partial charge in [-0.2, -0.15) is 13.2 Å². The molecule has 0 saturated heterocycles. The Hall–Kier alpha value is -3.17. The van der Waals surface area contributed by atoms with Gasteiger partial charge >= 0.3 is 12.1 Å². The van der Waals surface area contributed by atoms with Crippen LogP contribution in [0.15, 0.2) is 30.6 Å². The zero-order chi connectivity index (χ0) is 19.8. The molecule has 142 valence electrons. The summed E-state index contributed by atoms with van der Waals surface area (Å²) in [7, 11) is 4.44. The number of benzene rings is 1. The molecule has 3 aromatic rings. The summed E-state index contributed by atoms with van der Waals surface area (Å²) < 4.78 is 45.7. The first-order valence-electron chi connectivity index (χ1n) is 7.85. The van der Waals surface area contributed by atoms with Gasteiger partial charge in [-0.15, -0.1) is 0 Å². The molecule has 0 atom stereocenters. The van der Waals surface area contributed by atoms with Crippen molar-refractivity contribution in [3.05, 3.63) is 47.5 Å². The molecule has 0 radical (unpaired) electrons. The van der Waals surface area contributed by atoms with Crippen LogP contribution in [0.1, 0.15) is 21.7 Å². The molecule has 0 fully saturated rings. The number of carbonyl (C=O) groups is 1. The van der Waals surface area contributed by atoms with Crippen molar-refractivity contribution >= 4 is 23.0 Å². The first-order valence-corrected chi connectivity index (χ1v) is 7.85. The average Bonchev–Trinajstić information content (AvgIpc) is 3.02. The van der Waals surface area contributed by atoms with Gasteiger partial charge in [-0.3, -0.25) is 0 Å². The van der Waals surface area contributed by atoms with Gasteiger partial charge in [0.05, 0.1) is 25.5 Å². The summed E-state index contributed by atoms with van der Waals surface area (Å²) in [5.74, 6) is -1.65. The molecule has 0 aliphatic rings. The van der Waals surface area contributed by atoms with Crippen molar-refractivity contribution in [1.29, 1.82) is 0 Å². The molecule has 0 saturated carbocycles. The van der Waals surface area contributed by atoms with E-state index in [2.05, 4.69) is 19.7 Å². The number of nitrogens with zero attached hydrogens (tertiary/aromatic N) is 5. The van der Waals surface area contributed by atoms with Crippen molar-refractivity contribution < 1.29 is 22.7 Å². The summed E-state index contributed by atoms with van der Waals surface area (Å²) in [6.45, 7) is 0.183. The lowest BCUT2D eigenvalue weighted by atomic mass is 10.1. The number of halogens is 3. The van der Waals surface area contributed by atoms with Crippen LogP contribution in [0.25, 0.3) is 11.2 Å². The minimum atomic E-state index is -4.68. The van der Waals surface area contributed by atoms with Crippen LogP contribution in [0.4, 0.5) is 19.0 Å². The van der Waals surface area contributed by atoms with Crippen LogP contribution in [0.5, 0.6) is 0 Å². The molecule has 0 aliphatic carbocycles. The molecular weight excluding hydrogens is 363 g/mol. The highest BCUT2D eigenvalue weighted by molar-refractivity contribution is 5.89. The number of ether oxygens (including phenoxy) is 1. The lowest BCUT2D eigenvalue weighted by molar-refractivity contribution is -0.144. The van der Waals surface area contributed by atoms with E-state index in [4.69, 9.17) is 0 Å². The Bertz CT molecular complexity index is 998. The van der Waals surface area contributed by atoms with Gasteiger partial charge < -0.3 is 14.2 Å². The van der Waals surface area contributed by atoms with Crippen LogP contribution in [0, 0.1) is 0 Å². The molecule has 0 amide bonds. The second kappa shape index (κ2) is 6.86. The highest BCUT2D eigenvalue weighted by atomic mass is 19.4. The summed E-state index contributed by atoms with van der Waals surface area (Å²) in [4.78, 5) is 24.5. The fraction of sp³-hybridized carbons (Fsp3) is 0.294. The normalized spacial score (nSPS) is 11.6. The molecule has 27 heavy (non-hydrogen) atoms. The minimum absolute atomic E-state index is 0.0597. The van der Waals surface area contributed by atoms with Gasteiger partial charge in [0.1, 0.15) is 0 Å². The van der Waals surface area contributed by atoms with E-state index < -0.39 is 18.0 Å². The summed E-state index contributed by atoms with van der Waals surface area (Å²) in [6, 6.07) is 6.62. The van der Waals surface area contributed by atoms with Crippen LogP contribution >= 0.6 is 0 Å². The Kier molecular flexibility index (Phi) is 4.73. The van der Waals surface area contributed by atoms with Gasteiger partial charge in [-0.05, 0) is 17.7 Å². The third-order valence-corrected chi connectivity index (χ3v) is 3.82. The van der Waals surface area contributed by atoms with E-state index in [9.17, 15) is 18.0 Å². The van der Waals surface area contributed by atoms with Crippen molar-refractivity contribution in [2.75, 3.05) is 26.1 Å². The summed E-state index contributed by atoms with van der Waals surface area (Å²) in [5, 5.41) is 0. The third kappa shape index (κ3) is 3.69. The quantitative estimate of drug-likeness (QED) is 0.649. The van der Waals surface area contributed by atoms with E-state index in [0.29, 0.717) is 11.1 Å². The maximum absolute atomic E-state index is 13.2. The number of aromatic nitrogens is 4. The van der Waals surface area contributed by atoms with Crippen molar-refractivity contribution in [1.82, 2.24) is 19.5 Å². The number of fused-ring (bicyclic) bond motifs is 1. The van der Waals surface area contributed by atoms with E-state index in [1.165, 1.54) is 22.9 Å². The van der Waals surface area contributed by atoms with E-state index in [1.807, 2.05) is 0 Å². The Labute approximate surface area is 152 Å². The second-order valence-electron chi connectivity index (χ2n) is 6.00. The maximum atomic E-state index is 13.2. The average molecular weight is 379 g/mol. The lowest BCUT2D eigenvalue weighted by Crippen LogP contribution is -2.18. The first-order chi connectivity index (χ1) is 12.7. The number of alkyl halides is 3. The number of hydrogen-bond donors (Lipinski definition) is 0. The van der Waals surface area contributed by atoms with Crippen molar-refractivity contribution in [3.8, 4) is 0 Å². The molecular formula is C17H16F3N5O2. The highest BCUT2D eigenvalue weighted by Gasteiger charge is 2.36. The molecule has 0 spiro atoms. The first kappa shape index (κ1) is 18.6. The number of hydrogen-bond acceptors (Lipinski definition) is 6. The van der Waals surface area contributed by atoms with Crippen LogP contribution in [0.2, 0.25) is 0 Å². The number of esters is 1. The number of anilines is 1. The molecule has 2 heterocycles. The SMILES string of the molecule is COC(=O)c1cccc(Cn2cnc3c(N(C)C)nc(C(F)(F)F)nc32)c1. The van der Waals surface area contributed by atoms with Gasteiger partial charge in [0.15, 0.2) is 17.0 Å². The standard InChI is InChI=1S/C17H16F3N5O2/c1-24(2)13-12-14(23-16(22-13)17(18,19)20)25(9-21-12)8-10-5-4-6-11(7-10)15(26)27-3/h4-7,9H,8H2,1-3H3. The van der Waals surface area contributed by atoms with E-state index >= 15 is 0 Å². The van der Waals surface area contributed by atoms with Crippen molar-refractivity contribution in [3.63, 3.8) is 0 Å². The Morgan fingerprint density at radius 2 is 2.00 bits per heavy atom. The zero-order valence-electron chi connectivity index (χ0n) is 14.8. The Morgan fingerprint density at radius 1 is 1.26 bits per heavy atom. The smallest absolute Gasteiger partial charge is 0.451 e. The molecule has 3 rings (SSSR count). The van der Waals surface area contributed by atoms with Gasteiger partial charge in [-0.1, -0.05) is 12.1 Å². The largest absolute Gasteiger partial charge is 0.465 e. The van der Waals surface area contributed by atoms with Gasteiger partial charge in [0, 0.05) is 14.1 Å². The van der Waals surface area contributed by atoms with E-state index in [-0.39, 0.29) is 23.5 Å². The van der Waals surface area contributed by atoms with Gasteiger partial charge in [0.25, 0.3) is 0 Å². The third-order valence-electron chi connectivity index (χ3n) is 3.82. The maximum Gasteiger partial charge on any atom is 0.451 e. The molecule has 0 N–H and O–H groups in total. The summed E-state index contributed by atoms with van der Waals surface area (Å²) in [5.41, 5.74) is 1.36. The van der Waals surface area contributed by atoms with Gasteiger partial charge in [-0.25, -0.2) is 19.7 Å². The van der Waals surface area contributed by atoms with Crippen LogP contribution in [-0.2, 0) is 17.5 Å². The number of imidazole rings is 1. The Morgan fingerprint density at radius 3 is 2.63 bits per heavy atom. The molecule has 1 aromatic carbocycles. The van der Waals surface area contributed by atoms with Gasteiger partial charge in [0.2, 0.25) is 5.82 Å². The lowest BCUT2D eigenvalue weighted by Gasteiger charge is -2.14. The number of carbonyl (C=O) groups excluding carboxylic acids is 1. The number of rotatable bonds is 4. The van der Waals surface area contributed by atoms with Crippen LogP contribution in [-0.4, -0.2) is 46.7 Å².